The lowest BCUT2D eigenvalue weighted by molar-refractivity contribution is -0.274. The van der Waals surface area contributed by atoms with Crippen LogP contribution in [0.1, 0.15) is 87.3 Å². The van der Waals surface area contributed by atoms with Crippen molar-refractivity contribution in [1.29, 1.82) is 0 Å². The number of ether oxygens (including phenoxy) is 1. The molecule has 0 heterocycles. The van der Waals surface area contributed by atoms with Crippen molar-refractivity contribution in [3.63, 3.8) is 0 Å². The summed E-state index contributed by atoms with van der Waals surface area (Å²) in [6.07, 6.45) is 8.06. The topological polar surface area (TPSA) is 9.23 Å². The molecule has 0 N–H and O–H groups in total. The fourth-order valence-electron chi connectivity index (χ4n) is 5.58. The Morgan fingerprint density at radius 2 is 1.58 bits per heavy atom. The summed E-state index contributed by atoms with van der Waals surface area (Å²) in [4.78, 5) is 0. The standard InChI is InChI=1S/C31H36F4O/c1-2-3-4-5-6-22-7-12-24(13-8-22)26-17-20-29-27(21-26)16-15-25(30(29)32)14-9-23-10-18-28(19-11-23)36-31(33,34)35/h10-11,15-22,24H,2-9,12-14H2,1H3. The number of rotatable bonds is 10. The molecule has 36 heavy (non-hydrogen) atoms. The third-order valence-electron chi connectivity index (χ3n) is 7.68. The van der Waals surface area contributed by atoms with Gasteiger partial charge in [0.2, 0.25) is 0 Å². The molecule has 4 rings (SSSR count). The van der Waals surface area contributed by atoms with E-state index in [1.54, 1.807) is 12.1 Å². The maximum Gasteiger partial charge on any atom is 0.573 e. The minimum Gasteiger partial charge on any atom is -0.406 e. The van der Waals surface area contributed by atoms with Crippen molar-refractivity contribution in [3.05, 3.63) is 77.1 Å². The molecule has 0 bridgehead atoms. The van der Waals surface area contributed by atoms with E-state index in [2.05, 4.69) is 23.8 Å². The molecule has 3 aromatic carbocycles. The van der Waals surface area contributed by atoms with Gasteiger partial charge in [-0.2, -0.15) is 0 Å². The summed E-state index contributed by atoms with van der Waals surface area (Å²) in [5, 5.41) is 1.57. The lowest BCUT2D eigenvalue weighted by atomic mass is 9.76. The molecule has 0 saturated heterocycles. The van der Waals surface area contributed by atoms with Gasteiger partial charge in [0, 0.05) is 5.39 Å². The number of fused-ring (bicyclic) bond motifs is 1. The lowest BCUT2D eigenvalue weighted by Gasteiger charge is -2.29. The summed E-state index contributed by atoms with van der Waals surface area (Å²) in [5.74, 6) is 0.978. The number of benzene rings is 3. The second-order valence-corrected chi connectivity index (χ2v) is 10.3. The monoisotopic (exact) mass is 500 g/mol. The number of hydrogen-bond donors (Lipinski definition) is 0. The number of unbranched alkanes of at least 4 members (excludes halogenated alkanes) is 3. The highest BCUT2D eigenvalue weighted by atomic mass is 19.4. The van der Waals surface area contributed by atoms with Crippen molar-refractivity contribution in [3.8, 4) is 5.75 Å². The van der Waals surface area contributed by atoms with Crippen LogP contribution in [0, 0.1) is 11.7 Å². The van der Waals surface area contributed by atoms with Crippen LogP contribution < -0.4 is 4.74 Å². The maximum absolute atomic E-state index is 15.3. The Hall–Kier alpha value is -2.56. The number of halogens is 4. The summed E-state index contributed by atoms with van der Waals surface area (Å²) in [6, 6.07) is 15.8. The van der Waals surface area contributed by atoms with Crippen molar-refractivity contribution in [2.24, 2.45) is 5.92 Å². The van der Waals surface area contributed by atoms with Crippen molar-refractivity contribution < 1.29 is 22.3 Å². The van der Waals surface area contributed by atoms with Gasteiger partial charge in [-0.25, -0.2) is 4.39 Å². The highest BCUT2D eigenvalue weighted by Crippen LogP contribution is 2.39. The van der Waals surface area contributed by atoms with Crippen molar-refractivity contribution >= 4 is 10.8 Å². The Balaban J connectivity index is 1.34. The molecular weight excluding hydrogens is 464 g/mol. The first-order chi connectivity index (χ1) is 17.3. The van der Waals surface area contributed by atoms with E-state index >= 15 is 4.39 Å². The molecule has 0 aromatic heterocycles. The second-order valence-electron chi connectivity index (χ2n) is 10.3. The Morgan fingerprint density at radius 3 is 2.28 bits per heavy atom. The molecular formula is C31H36F4O. The van der Waals surface area contributed by atoms with Gasteiger partial charge in [0.05, 0.1) is 0 Å². The minimum atomic E-state index is -4.71. The third kappa shape index (κ3) is 7.24. The van der Waals surface area contributed by atoms with Crippen LogP contribution in [-0.4, -0.2) is 6.36 Å². The van der Waals surface area contributed by atoms with Crippen molar-refractivity contribution in [1.82, 2.24) is 0 Å². The largest absolute Gasteiger partial charge is 0.573 e. The average molecular weight is 501 g/mol. The first-order valence-electron chi connectivity index (χ1n) is 13.4. The molecule has 3 aromatic rings. The van der Waals surface area contributed by atoms with Gasteiger partial charge in [-0.05, 0) is 84.6 Å². The quantitative estimate of drug-likeness (QED) is 0.199. The van der Waals surface area contributed by atoms with Gasteiger partial charge in [-0.3, -0.25) is 0 Å². The number of hydrogen-bond acceptors (Lipinski definition) is 1. The van der Waals surface area contributed by atoms with Crippen LogP contribution in [-0.2, 0) is 12.8 Å². The van der Waals surface area contributed by atoms with Crippen LogP contribution in [0.3, 0.4) is 0 Å². The van der Waals surface area contributed by atoms with Crippen LogP contribution in [0.25, 0.3) is 10.8 Å². The molecule has 0 spiro atoms. The van der Waals surface area contributed by atoms with Gasteiger partial charge in [0.25, 0.3) is 0 Å². The Kier molecular flexibility index (Phi) is 8.92. The van der Waals surface area contributed by atoms with Gasteiger partial charge < -0.3 is 4.74 Å². The van der Waals surface area contributed by atoms with Crippen molar-refractivity contribution in [2.45, 2.75) is 89.8 Å². The minimum absolute atomic E-state index is 0.202. The summed E-state index contributed by atoms with van der Waals surface area (Å²) >= 11 is 0. The SMILES string of the molecule is CCCCCCC1CCC(c2ccc3c(F)c(CCc4ccc(OC(F)(F)F)cc4)ccc3c2)CC1. The zero-order valence-corrected chi connectivity index (χ0v) is 21.0. The Labute approximate surface area is 211 Å². The third-order valence-corrected chi connectivity index (χ3v) is 7.68. The molecule has 1 nitrogen and oxygen atoms in total. The molecule has 5 heteroatoms. The van der Waals surface area contributed by atoms with E-state index in [4.69, 9.17) is 0 Å². The normalized spacial score (nSPS) is 18.5. The van der Waals surface area contributed by atoms with Crippen LogP contribution >= 0.6 is 0 Å². The predicted molar refractivity (Wildman–Crippen MR) is 138 cm³/mol. The molecule has 0 aliphatic heterocycles. The Morgan fingerprint density at radius 1 is 0.833 bits per heavy atom. The zero-order valence-electron chi connectivity index (χ0n) is 21.0. The average Bonchev–Trinajstić information content (AvgIpc) is 2.86. The Bertz CT molecular complexity index is 1110. The van der Waals surface area contributed by atoms with E-state index < -0.39 is 6.36 Å². The smallest absolute Gasteiger partial charge is 0.406 e. The van der Waals surface area contributed by atoms with E-state index in [0.717, 1.165) is 16.9 Å². The van der Waals surface area contributed by atoms with Crippen LogP contribution in [0.4, 0.5) is 17.6 Å². The number of alkyl halides is 3. The highest BCUT2D eigenvalue weighted by Gasteiger charge is 2.31. The summed E-state index contributed by atoms with van der Waals surface area (Å²) in [6.45, 7) is 2.25. The second kappa shape index (κ2) is 12.1. The fraction of sp³-hybridized carbons (Fsp3) is 0.484. The lowest BCUT2D eigenvalue weighted by Crippen LogP contribution is -2.17. The molecule has 0 unspecified atom stereocenters. The van der Waals surface area contributed by atoms with E-state index in [-0.39, 0.29) is 11.6 Å². The van der Waals surface area contributed by atoms with E-state index in [1.807, 2.05) is 18.2 Å². The van der Waals surface area contributed by atoms with E-state index in [1.165, 1.54) is 75.5 Å². The first kappa shape index (κ1) is 26.5. The van der Waals surface area contributed by atoms with Gasteiger partial charge >= 0.3 is 6.36 Å². The molecule has 1 aliphatic rings. The molecule has 0 amide bonds. The summed E-state index contributed by atoms with van der Waals surface area (Å²) in [7, 11) is 0. The molecule has 0 radical (unpaired) electrons. The first-order valence-corrected chi connectivity index (χ1v) is 13.4. The molecule has 0 atom stereocenters. The van der Waals surface area contributed by atoms with Crippen molar-refractivity contribution in [2.75, 3.05) is 0 Å². The summed E-state index contributed by atoms with van der Waals surface area (Å²) in [5.41, 5.74) is 2.77. The van der Waals surface area contributed by atoms with E-state index in [9.17, 15) is 13.2 Å². The van der Waals surface area contributed by atoms with Gasteiger partial charge in [0.1, 0.15) is 11.6 Å². The fourth-order valence-corrected chi connectivity index (χ4v) is 5.58. The number of aryl methyl sites for hydroxylation is 2. The molecule has 1 aliphatic carbocycles. The van der Waals surface area contributed by atoms with Crippen LogP contribution in [0.5, 0.6) is 5.75 Å². The molecule has 194 valence electrons. The van der Waals surface area contributed by atoms with Crippen LogP contribution in [0.2, 0.25) is 0 Å². The highest BCUT2D eigenvalue weighted by molar-refractivity contribution is 5.84. The zero-order chi connectivity index (χ0) is 25.5. The van der Waals surface area contributed by atoms with Gasteiger partial charge in [-0.15, -0.1) is 13.2 Å². The van der Waals surface area contributed by atoms with E-state index in [0.29, 0.717) is 29.7 Å². The molecule has 1 fully saturated rings. The van der Waals surface area contributed by atoms with Gasteiger partial charge in [0.15, 0.2) is 0 Å². The van der Waals surface area contributed by atoms with Gasteiger partial charge in [-0.1, -0.05) is 81.5 Å². The molecule has 1 saturated carbocycles. The van der Waals surface area contributed by atoms with Crippen LogP contribution in [0.15, 0.2) is 54.6 Å². The summed E-state index contributed by atoms with van der Waals surface area (Å²) < 4.78 is 56.2. The maximum atomic E-state index is 15.3. The predicted octanol–water partition coefficient (Wildman–Crippen LogP) is 9.91.